The fourth-order valence-electron chi connectivity index (χ4n) is 3.14. The molecule has 0 aliphatic heterocycles. The van der Waals surface area contributed by atoms with Crippen molar-refractivity contribution in [2.75, 3.05) is 12.3 Å². The van der Waals surface area contributed by atoms with Crippen LogP contribution in [0, 0.1) is 17.1 Å². The summed E-state index contributed by atoms with van der Waals surface area (Å²) in [5, 5.41) is 20.4. The average Bonchev–Trinajstić information content (AvgIpc) is 3.43. The van der Waals surface area contributed by atoms with Crippen LogP contribution in [0.25, 0.3) is 17.0 Å². The number of benzene rings is 1. The lowest BCUT2D eigenvalue weighted by Crippen LogP contribution is -2.25. The second-order valence-corrected chi connectivity index (χ2v) is 6.88. The number of pyridine rings is 1. The summed E-state index contributed by atoms with van der Waals surface area (Å²) in [4.78, 5) is 16.3. The first-order valence-electron chi connectivity index (χ1n) is 9.75. The van der Waals surface area contributed by atoms with E-state index in [4.69, 9.17) is 10.3 Å². The smallest absolute Gasteiger partial charge is 0.273 e. The number of anilines is 1. The van der Waals surface area contributed by atoms with E-state index in [9.17, 15) is 14.4 Å². The van der Waals surface area contributed by atoms with E-state index in [-0.39, 0.29) is 28.8 Å². The number of nitrogens with one attached hydrogen (secondary N) is 1. The third kappa shape index (κ3) is 4.32. The third-order valence-electron chi connectivity index (χ3n) is 4.76. The Morgan fingerprint density at radius 1 is 1.22 bits per heavy atom. The molecule has 32 heavy (non-hydrogen) atoms. The summed E-state index contributed by atoms with van der Waals surface area (Å²) in [5.74, 6) is -0.0933. The Balaban J connectivity index is 1.36. The number of nitrogen functional groups attached to an aromatic ring is 1. The molecule has 0 radical (unpaired) electrons. The topological polar surface area (TPSA) is 136 Å². The van der Waals surface area contributed by atoms with Crippen LogP contribution in [0.1, 0.15) is 28.2 Å². The second-order valence-electron chi connectivity index (χ2n) is 6.88. The van der Waals surface area contributed by atoms with Crippen molar-refractivity contribution < 1.29 is 13.7 Å². The summed E-state index contributed by atoms with van der Waals surface area (Å²) in [6.07, 6.45) is 4.19. The van der Waals surface area contributed by atoms with Gasteiger partial charge in [0.25, 0.3) is 5.91 Å². The molecule has 3 aromatic heterocycles. The van der Waals surface area contributed by atoms with Crippen molar-refractivity contribution in [3.05, 3.63) is 77.6 Å². The summed E-state index contributed by atoms with van der Waals surface area (Å²) in [6, 6.07) is 12.8. The van der Waals surface area contributed by atoms with Crippen LogP contribution < -0.4 is 11.1 Å². The number of hydrogen-bond donors (Lipinski definition) is 2. The summed E-state index contributed by atoms with van der Waals surface area (Å²) >= 11 is 0. The van der Waals surface area contributed by atoms with Crippen molar-refractivity contribution in [1.82, 2.24) is 25.2 Å². The molecular formula is C22H18FN7O2. The molecular weight excluding hydrogens is 413 g/mol. The fourth-order valence-corrected chi connectivity index (χ4v) is 3.14. The number of carbonyl (C=O) groups excluding carboxylic acids is 1. The van der Waals surface area contributed by atoms with E-state index < -0.39 is 0 Å². The molecule has 1 amide bonds. The maximum Gasteiger partial charge on any atom is 0.273 e. The van der Waals surface area contributed by atoms with E-state index in [1.165, 1.54) is 28.9 Å². The molecule has 3 heterocycles. The van der Waals surface area contributed by atoms with Gasteiger partial charge in [-0.25, -0.2) is 9.07 Å². The van der Waals surface area contributed by atoms with Crippen molar-refractivity contribution in [3.8, 4) is 23.1 Å². The molecule has 4 aromatic rings. The normalized spacial score (nSPS) is 10.6. The van der Waals surface area contributed by atoms with Gasteiger partial charge in [0.15, 0.2) is 11.5 Å². The Kier molecular flexibility index (Phi) is 5.89. The minimum atomic E-state index is -0.379. The molecule has 0 bridgehead atoms. The SMILES string of the molecule is N#Cc1c(CCCNC(=O)c2cc(-c3ccncc3)on2)nn(-c2ccc(F)cc2)c1N. The zero-order valence-corrected chi connectivity index (χ0v) is 16.8. The van der Waals surface area contributed by atoms with Gasteiger partial charge in [-0.3, -0.25) is 9.78 Å². The highest BCUT2D eigenvalue weighted by atomic mass is 19.1. The first-order chi connectivity index (χ1) is 15.6. The number of aryl methyl sites for hydroxylation is 1. The van der Waals surface area contributed by atoms with Crippen LogP contribution >= 0.6 is 0 Å². The molecule has 160 valence electrons. The van der Waals surface area contributed by atoms with Gasteiger partial charge in [0, 0.05) is 30.6 Å². The summed E-state index contributed by atoms with van der Waals surface area (Å²) in [7, 11) is 0. The zero-order chi connectivity index (χ0) is 22.5. The molecule has 9 nitrogen and oxygen atoms in total. The minimum absolute atomic E-state index is 0.166. The van der Waals surface area contributed by atoms with Crippen LogP contribution in [0.3, 0.4) is 0 Å². The van der Waals surface area contributed by atoms with Crippen LogP contribution in [-0.4, -0.2) is 32.4 Å². The molecule has 1 aromatic carbocycles. The predicted octanol–water partition coefficient (Wildman–Crippen LogP) is 2.88. The van der Waals surface area contributed by atoms with Crippen LogP contribution in [0.4, 0.5) is 10.2 Å². The number of nitrogens with zero attached hydrogens (tertiary/aromatic N) is 5. The van der Waals surface area contributed by atoms with Gasteiger partial charge in [-0.15, -0.1) is 0 Å². The quantitative estimate of drug-likeness (QED) is 0.429. The van der Waals surface area contributed by atoms with Crippen LogP contribution in [0.5, 0.6) is 0 Å². The monoisotopic (exact) mass is 431 g/mol. The summed E-state index contributed by atoms with van der Waals surface area (Å²) in [6.45, 7) is 0.338. The molecule has 4 rings (SSSR count). The maximum atomic E-state index is 13.2. The highest BCUT2D eigenvalue weighted by Gasteiger charge is 2.17. The van der Waals surface area contributed by atoms with E-state index in [1.54, 1.807) is 30.6 Å². The first-order valence-corrected chi connectivity index (χ1v) is 9.75. The molecule has 0 saturated heterocycles. The van der Waals surface area contributed by atoms with Crippen LogP contribution in [-0.2, 0) is 6.42 Å². The predicted molar refractivity (Wildman–Crippen MR) is 113 cm³/mol. The largest absolute Gasteiger partial charge is 0.382 e. The highest BCUT2D eigenvalue weighted by Crippen LogP contribution is 2.22. The average molecular weight is 431 g/mol. The van der Waals surface area contributed by atoms with Crippen molar-refractivity contribution in [1.29, 1.82) is 5.26 Å². The standard InChI is InChI=1S/C22H18FN7O2/c23-15-3-5-16(6-4-15)30-21(25)17(13-24)18(28-30)2-1-9-27-22(31)19-12-20(32-29-19)14-7-10-26-11-8-14/h3-8,10-12H,1-2,9,25H2,(H,27,31). The second kappa shape index (κ2) is 9.09. The minimum Gasteiger partial charge on any atom is -0.382 e. The van der Waals surface area contributed by atoms with Crippen molar-refractivity contribution in [2.24, 2.45) is 0 Å². The Labute approximate surface area is 182 Å². The van der Waals surface area contributed by atoms with E-state index in [2.05, 4.69) is 26.6 Å². The molecule has 0 spiro atoms. The molecule has 0 unspecified atom stereocenters. The van der Waals surface area contributed by atoms with Gasteiger partial charge >= 0.3 is 0 Å². The molecule has 0 atom stereocenters. The van der Waals surface area contributed by atoms with Gasteiger partial charge in [0.2, 0.25) is 0 Å². The Bertz CT molecular complexity index is 1270. The van der Waals surface area contributed by atoms with Crippen molar-refractivity contribution >= 4 is 11.7 Å². The number of nitrogens with two attached hydrogens (primary N) is 1. The highest BCUT2D eigenvalue weighted by molar-refractivity contribution is 5.93. The lowest BCUT2D eigenvalue weighted by Gasteiger charge is -2.03. The van der Waals surface area contributed by atoms with E-state index in [0.717, 1.165) is 5.56 Å². The summed E-state index contributed by atoms with van der Waals surface area (Å²) in [5.41, 5.74) is 8.31. The molecule has 0 aliphatic carbocycles. The molecule has 0 aliphatic rings. The Hall–Kier alpha value is -4.52. The van der Waals surface area contributed by atoms with Gasteiger partial charge in [-0.2, -0.15) is 10.4 Å². The molecule has 0 saturated carbocycles. The number of hydrogen-bond acceptors (Lipinski definition) is 7. The number of rotatable bonds is 7. The number of amides is 1. The van der Waals surface area contributed by atoms with Crippen LogP contribution in [0.15, 0.2) is 59.4 Å². The van der Waals surface area contributed by atoms with Gasteiger partial charge in [-0.1, -0.05) is 5.16 Å². The third-order valence-corrected chi connectivity index (χ3v) is 4.76. The number of nitriles is 1. The van der Waals surface area contributed by atoms with E-state index in [0.29, 0.717) is 36.5 Å². The molecule has 10 heteroatoms. The maximum absolute atomic E-state index is 13.2. The van der Waals surface area contributed by atoms with Crippen LogP contribution in [0.2, 0.25) is 0 Å². The number of carbonyl (C=O) groups is 1. The van der Waals surface area contributed by atoms with Crippen molar-refractivity contribution in [2.45, 2.75) is 12.8 Å². The van der Waals surface area contributed by atoms with Gasteiger partial charge in [-0.05, 0) is 49.2 Å². The van der Waals surface area contributed by atoms with Gasteiger partial charge < -0.3 is 15.6 Å². The van der Waals surface area contributed by atoms with Gasteiger partial charge in [0.1, 0.15) is 23.3 Å². The zero-order valence-electron chi connectivity index (χ0n) is 16.8. The molecule has 3 N–H and O–H groups in total. The van der Waals surface area contributed by atoms with Gasteiger partial charge in [0.05, 0.1) is 11.4 Å². The number of aromatic nitrogens is 4. The van der Waals surface area contributed by atoms with E-state index >= 15 is 0 Å². The van der Waals surface area contributed by atoms with Crippen molar-refractivity contribution in [3.63, 3.8) is 0 Å². The fraction of sp³-hybridized carbons (Fsp3) is 0.136. The number of halogens is 1. The van der Waals surface area contributed by atoms with E-state index in [1.807, 2.05) is 0 Å². The Morgan fingerprint density at radius 3 is 2.69 bits per heavy atom. The lowest BCUT2D eigenvalue weighted by molar-refractivity contribution is 0.0944. The Morgan fingerprint density at radius 2 is 1.97 bits per heavy atom. The lowest BCUT2D eigenvalue weighted by atomic mass is 10.1. The first kappa shape index (κ1) is 20.7. The molecule has 0 fully saturated rings. The summed E-state index contributed by atoms with van der Waals surface area (Å²) < 4.78 is 19.8.